The molecule has 4 atom stereocenters. The number of hydrogen-bond acceptors (Lipinski definition) is 1. The highest BCUT2D eigenvalue weighted by Gasteiger charge is 2.32. The second kappa shape index (κ2) is 12.5. The summed E-state index contributed by atoms with van der Waals surface area (Å²) in [6, 6.07) is 1.22. The van der Waals surface area contributed by atoms with Crippen molar-refractivity contribution in [1.82, 2.24) is 5.32 Å². The summed E-state index contributed by atoms with van der Waals surface area (Å²) in [5.41, 5.74) is 0.368. The van der Waals surface area contributed by atoms with Gasteiger partial charge < -0.3 is 5.32 Å². The van der Waals surface area contributed by atoms with Crippen LogP contribution in [-0.4, -0.2) is 12.1 Å². The minimum atomic E-state index is 0.368. The fraction of sp³-hybridized carbons (Fsp3) is 1.00. The van der Waals surface area contributed by atoms with Gasteiger partial charge in [-0.2, -0.15) is 0 Å². The summed E-state index contributed by atoms with van der Waals surface area (Å²) in [4.78, 5) is 0. The Morgan fingerprint density at radius 1 is 0.889 bits per heavy atom. The SMILES string of the molecule is CCCCC(C)C(C)(C)C(C)NC(C)CCC(C)CCC1CCC(C)CC1. The predicted molar refractivity (Wildman–Crippen MR) is 123 cm³/mol. The zero-order chi connectivity index (χ0) is 20.4. The van der Waals surface area contributed by atoms with E-state index in [0.29, 0.717) is 17.5 Å². The molecular weight excluding hydrogens is 326 g/mol. The van der Waals surface area contributed by atoms with Crippen LogP contribution >= 0.6 is 0 Å². The molecule has 1 rings (SSSR count). The quantitative estimate of drug-likeness (QED) is 0.340. The molecule has 0 spiro atoms. The molecule has 0 radical (unpaired) electrons. The van der Waals surface area contributed by atoms with Gasteiger partial charge in [0.15, 0.2) is 0 Å². The Morgan fingerprint density at radius 2 is 1.52 bits per heavy atom. The standard InChI is InChI=1S/C26H53N/c1-9-10-11-22(4)26(7,8)24(6)27-23(5)16-12-20(2)13-17-25-18-14-21(3)15-19-25/h20-25,27H,9-19H2,1-8H3. The normalized spacial score (nSPS) is 25.8. The molecule has 1 heteroatoms. The van der Waals surface area contributed by atoms with E-state index < -0.39 is 0 Å². The zero-order valence-electron chi connectivity index (χ0n) is 20.2. The van der Waals surface area contributed by atoms with Crippen LogP contribution in [-0.2, 0) is 0 Å². The van der Waals surface area contributed by atoms with E-state index in [1.807, 2.05) is 0 Å². The van der Waals surface area contributed by atoms with E-state index in [0.717, 1.165) is 23.7 Å². The maximum absolute atomic E-state index is 3.94. The third-order valence-electron chi connectivity index (χ3n) is 8.21. The fourth-order valence-electron chi connectivity index (χ4n) is 4.85. The summed E-state index contributed by atoms with van der Waals surface area (Å²) in [7, 11) is 0. The van der Waals surface area contributed by atoms with Crippen molar-refractivity contribution < 1.29 is 0 Å². The summed E-state index contributed by atoms with van der Waals surface area (Å²) >= 11 is 0. The van der Waals surface area contributed by atoms with Crippen molar-refractivity contribution >= 4 is 0 Å². The fourth-order valence-corrected chi connectivity index (χ4v) is 4.85. The molecule has 1 fully saturated rings. The first-order valence-electron chi connectivity index (χ1n) is 12.4. The van der Waals surface area contributed by atoms with Crippen molar-refractivity contribution in [3.8, 4) is 0 Å². The summed E-state index contributed by atoms with van der Waals surface area (Å²) < 4.78 is 0. The maximum atomic E-state index is 3.94. The van der Waals surface area contributed by atoms with Crippen LogP contribution in [0.3, 0.4) is 0 Å². The molecule has 0 saturated heterocycles. The van der Waals surface area contributed by atoms with Gasteiger partial charge in [0, 0.05) is 12.1 Å². The molecule has 1 aliphatic rings. The Bertz CT molecular complexity index is 366. The molecule has 0 bridgehead atoms. The number of rotatable bonds is 13. The average Bonchev–Trinajstić information content (AvgIpc) is 2.63. The molecule has 27 heavy (non-hydrogen) atoms. The van der Waals surface area contributed by atoms with Crippen LogP contribution in [0.15, 0.2) is 0 Å². The first kappa shape index (κ1) is 25.0. The van der Waals surface area contributed by atoms with Gasteiger partial charge >= 0.3 is 0 Å². The van der Waals surface area contributed by atoms with Gasteiger partial charge in [-0.1, -0.05) is 99.3 Å². The van der Waals surface area contributed by atoms with Gasteiger partial charge in [0.25, 0.3) is 0 Å². The van der Waals surface area contributed by atoms with E-state index in [4.69, 9.17) is 0 Å². The molecule has 162 valence electrons. The Balaban J connectivity index is 2.25. The predicted octanol–water partition coefficient (Wildman–Crippen LogP) is 8.23. The van der Waals surface area contributed by atoms with Crippen LogP contribution in [0.4, 0.5) is 0 Å². The Hall–Kier alpha value is -0.0400. The van der Waals surface area contributed by atoms with Gasteiger partial charge in [-0.15, -0.1) is 0 Å². The van der Waals surface area contributed by atoms with Crippen molar-refractivity contribution in [3.05, 3.63) is 0 Å². The number of unbranched alkanes of at least 4 members (excludes halogenated alkanes) is 1. The lowest BCUT2D eigenvalue weighted by atomic mass is 9.72. The van der Waals surface area contributed by atoms with Gasteiger partial charge in [-0.25, -0.2) is 0 Å². The van der Waals surface area contributed by atoms with Crippen LogP contribution in [0.2, 0.25) is 0 Å². The van der Waals surface area contributed by atoms with Crippen LogP contribution < -0.4 is 5.32 Å². The second-order valence-electron chi connectivity index (χ2n) is 11.0. The van der Waals surface area contributed by atoms with E-state index in [9.17, 15) is 0 Å². The lowest BCUT2D eigenvalue weighted by molar-refractivity contribution is 0.142. The third-order valence-corrected chi connectivity index (χ3v) is 8.21. The van der Waals surface area contributed by atoms with E-state index in [1.54, 1.807) is 0 Å². The lowest BCUT2D eigenvalue weighted by Crippen LogP contribution is -2.47. The summed E-state index contributed by atoms with van der Waals surface area (Å²) in [6.45, 7) is 19.4. The van der Waals surface area contributed by atoms with Crippen LogP contribution in [0, 0.1) is 29.1 Å². The molecular formula is C26H53N. The largest absolute Gasteiger partial charge is 0.311 e. The van der Waals surface area contributed by atoms with Gasteiger partial charge in [-0.05, 0) is 55.8 Å². The minimum absolute atomic E-state index is 0.368. The van der Waals surface area contributed by atoms with Crippen LogP contribution in [0.25, 0.3) is 0 Å². The molecule has 0 heterocycles. The van der Waals surface area contributed by atoms with Gasteiger partial charge in [-0.3, -0.25) is 0 Å². The van der Waals surface area contributed by atoms with Crippen LogP contribution in [0.1, 0.15) is 126 Å². The van der Waals surface area contributed by atoms with Crippen molar-refractivity contribution in [2.45, 2.75) is 138 Å². The second-order valence-corrected chi connectivity index (χ2v) is 11.0. The molecule has 1 saturated carbocycles. The highest BCUT2D eigenvalue weighted by atomic mass is 15.0. The van der Waals surface area contributed by atoms with Crippen molar-refractivity contribution in [1.29, 1.82) is 0 Å². The summed E-state index contributed by atoms with van der Waals surface area (Å²) in [5.74, 6) is 3.69. The molecule has 1 nitrogen and oxygen atoms in total. The molecule has 0 amide bonds. The van der Waals surface area contributed by atoms with Crippen molar-refractivity contribution in [2.24, 2.45) is 29.1 Å². The molecule has 1 aliphatic carbocycles. The van der Waals surface area contributed by atoms with E-state index >= 15 is 0 Å². The Morgan fingerprint density at radius 3 is 2.11 bits per heavy atom. The maximum Gasteiger partial charge on any atom is 0.00949 e. The van der Waals surface area contributed by atoms with Gasteiger partial charge in [0.1, 0.15) is 0 Å². The molecule has 0 aromatic heterocycles. The number of nitrogens with one attached hydrogen (secondary N) is 1. The monoisotopic (exact) mass is 379 g/mol. The Kier molecular flexibility index (Phi) is 11.6. The lowest BCUT2D eigenvalue weighted by Gasteiger charge is -2.40. The topological polar surface area (TPSA) is 12.0 Å². The van der Waals surface area contributed by atoms with E-state index in [-0.39, 0.29) is 0 Å². The average molecular weight is 380 g/mol. The van der Waals surface area contributed by atoms with Crippen LogP contribution in [0.5, 0.6) is 0 Å². The summed E-state index contributed by atoms with van der Waals surface area (Å²) in [6.07, 6.45) is 15.6. The van der Waals surface area contributed by atoms with Gasteiger partial charge in [0.2, 0.25) is 0 Å². The number of hydrogen-bond donors (Lipinski definition) is 1. The molecule has 4 unspecified atom stereocenters. The highest BCUT2D eigenvalue weighted by Crippen LogP contribution is 2.35. The van der Waals surface area contributed by atoms with E-state index in [2.05, 4.69) is 60.7 Å². The third kappa shape index (κ3) is 9.33. The first-order valence-corrected chi connectivity index (χ1v) is 12.4. The summed E-state index contributed by atoms with van der Waals surface area (Å²) in [5, 5.41) is 3.94. The zero-order valence-corrected chi connectivity index (χ0v) is 20.2. The first-order chi connectivity index (χ1) is 12.7. The molecule has 0 aromatic carbocycles. The van der Waals surface area contributed by atoms with E-state index in [1.165, 1.54) is 70.6 Å². The molecule has 0 aromatic rings. The molecule has 0 aliphatic heterocycles. The smallest absolute Gasteiger partial charge is 0.00949 e. The minimum Gasteiger partial charge on any atom is -0.311 e. The molecule has 1 N–H and O–H groups in total. The van der Waals surface area contributed by atoms with Crippen molar-refractivity contribution in [2.75, 3.05) is 0 Å². The highest BCUT2D eigenvalue weighted by molar-refractivity contribution is 4.86. The van der Waals surface area contributed by atoms with Gasteiger partial charge in [0.05, 0.1) is 0 Å². The Labute approximate surface area is 172 Å². The van der Waals surface area contributed by atoms with Crippen molar-refractivity contribution in [3.63, 3.8) is 0 Å².